The highest BCUT2D eigenvalue weighted by atomic mass is 14.8. The Hall–Kier alpha value is -0.980. The lowest BCUT2D eigenvalue weighted by Gasteiger charge is -1.93. The van der Waals surface area contributed by atoms with Crippen LogP contribution in [0.1, 0.15) is 0 Å². The second-order valence-electron chi connectivity index (χ2n) is 1.53. The molecule has 41 valence electrons. The van der Waals surface area contributed by atoms with Crippen molar-refractivity contribution in [1.29, 1.82) is 0 Å². The molecule has 0 spiro atoms. The zero-order valence-electron chi connectivity index (χ0n) is 4.81. The molecule has 1 aromatic rings. The molecule has 0 fully saturated rings. The Morgan fingerprint density at radius 3 is 2.75 bits per heavy atom. The SMILES string of the molecule is CNc1[c]cccc1. The minimum absolute atomic E-state index is 1.03. The van der Waals surface area contributed by atoms with Crippen LogP contribution < -0.4 is 5.32 Å². The standard InChI is InChI=1S/C7H8N/c1-8-7-5-3-2-4-6-7/h2-5,8H,1H3. The zero-order chi connectivity index (χ0) is 5.82. The second kappa shape index (κ2) is 2.36. The molecule has 0 aliphatic rings. The molecule has 8 heavy (non-hydrogen) atoms. The molecule has 0 aliphatic heterocycles. The van der Waals surface area contributed by atoms with Crippen molar-refractivity contribution in [3.8, 4) is 0 Å². The van der Waals surface area contributed by atoms with E-state index in [1.165, 1.54) is 0 Å². The number of benzene rings is 1. The van der Waals surface area contributed by atoms with Crippen LogP contribution in [0.5, 0.6) is 0 Å². The molecule has 1 rings (SSSR count). The number of hydrogen-bond donors (Lipinski definition) is 1. The summed E-state index contributed by atoms with van der Waals surface area (Å²) in [6.45, 7) is 0. The van der Waals surface area contributed by atoms with Gasteiger partial charge in [0.05, 0.1) is 0 Å². The summed E-state index contributed by atoms with van der Waals surface area (Å²) in [7, 11) is 1.88. The molecule has 0 heterocycles. The minimum atomic E-state index is 1.03. The maximum Gasteiger partial charge on any atom is 0.0418 e. The Morgan fingerprint density at radius 1 is 1.50 bits per heavy atom. The predicted octanol–water partition coefficient (Wildman–Crippen LogP) is 1.53. The minimum Gasteiger partial charge on any atom is -0.388 e. The number of rotatable bonds is 1. The van der Waals surface area contributed by atoms with E-state index in [9.17, 15) is 0 Å². The van der Waals surface area contributed by atoms with Crippen LogP contribution in [0, 0.1) is 6.07 Å². The van der Waals surface area contributed by atoms with Crippen LogP contribution in [0.2, 0.25) is 0 Å². The van der Waals surface area contributed by atoms with Crippen LogP contribution in [-0.4, -0.2) is 7.05 Å². The first-order valence-corrected chi connectivity index (χ1v) is 2.58. The van der Waals surface area contributed by atoms with Gasteiger partial charge in [-0.15, -0.1) is 0 Å². The van der Waals surface area contributed by atoms with Gasteiger partial charge in [-0.2, -0.15) is 0 Å². The summed E-state index contributed by atoms with van der Waals surface area (Å²) in [5.74, 6) is 0. The van der Waals surface area contributed by atoms with Crippen LogP contribution >= 0.6 is 0 Å². The molecule has 0 saturated heterocycles. The molecular formula is C7H8N. The molecule has 0 amide bonds. The summed E-state index contributed by atoms with van der Waals surface area (Å²) in [5, 5.41) is 2.97. The molecule has 1 nitrogen and oxygen atoms in total. The third-order valence-electron chi connectivity index (χ3n) is 0.978. The van der Waals surface area contributed by atoms with Gasteiger partial charge in [0.1, 0.15) is 0 Å². The highest BCUT2D eigenvalue weighted by molar-refractivity contribution is 5.39. The van der Waals surface area contributed by atoms with Crippen LogP contribution in [0.15, 0.2) is 24.3 Å². The third-order valence-corrected chi connectivity index (χ3v) is 0.978. The average Bonchev–Trinajstić information content (AvgIpc) is 1.90. The smallest absolute Gasteiger partial charge is 0.0418 e. The van der Waals surface area contributed by atoms with Gasteiger partial charge in [-0.05, 0) is 6.07 Å². The Labute approximate surface area is 49.3 Å². The lowest BCUT2D eigenvalue weighted by Crippen LogP contribution is -1.84. The van der Waals surface area contributed by atoms with Gasteiger partial charge in [-0.25, -0.2) is 0 Å². The van der Waals surface area contributed by atoms with Crippen molar-refractivity contribution in [2.75, 3.05) is 12.4 Å². The van der Waals surface area contributed by atoms with Gasteiger partial charge in [-0.3, -0.25) is 0 Å². The van der Waals surface area contributed by atoms with Crippen LogP contribution in [-0.2, 0) is 0 Å². The number of anilines is 1. The van der Waals surface area contributed by atoms with Crippen molar-refractivity contribution in [1.82, 2.24) is 0 Å². The Morgan fingerprint density at radius 2 is 2.38 bits per heavy atom. The highest BCUT2D eigenvalue weighted by Crippen LogP contribution is 2.00. The molecule has 1 radical (unpaired) electrons. The third kappa shape index (κ3) is 0.997. The Kier molecular flexibility index (Phi) is 1.52. The van der Waals surface area contributed by atoms with Gasteiger partial charge in [0.15, 0.2) is 0 Å². The first kappa shape index (κ1) is 5.16. The van der Waals surface area contributed by atoms with Crippen molar-refractivity contribution in [2.24, 2.45) is 0 Å². The zero-order valence-corrected chi connectivity index (χ0v) is 4.81. The lowest BCUT2D eigenvalue weighted by molar-refractivity contribution is 1.51. The maximum absolute atomic E-state index is 3.01. The van der Waals surface area contributed by atoms with Crippen molar-refractivity contribution < 1.29 is 0 Å². The fourth-order valence-corrected chi connectivity index (χ4v) is 0.549. The molecule has 1 N–H and O–H groups in total. The summed E-state index contributed by atoms with van der Waals surface area (Å²) < 4.78 is 0. The van der Waals surface area contributed by atoms with E-state index in [1.54, 1.807) is 0 Å². The van der Waals surface area contributed by atoms with Gasteiger partial charge >= 0.3 is 0 Å². The van der Waals surface area contributed by atoms with Crippen LogP contribution in [0.3, 0.4) is 0 Å². The van der Waals surface area contributed by atoms with Gasteiger partial charge < -0.3 is 5.32 Å². The molecule has 1 heteroatoms. The summed E-state index contributed by atoms with van der Waals surface area (Å²) in [4.78, 5) is 0. The first-order chi connectivity index (χ1) is 3.93. The first-order valence-electron chi connectivity index (χ1n) is 2.58. The second-order valence-corrected chi connectivity index (χ2v) is 1.53. The number of hydrogen-bond acceptors (Lipinski definition) is 1. The fraction of sp³-hybridized carbons (Fsp3) is 0.143. The summed E-state index contributed by atoms with van der Waals surface area (Å²) in [6.07, 6.45) is 0. The summed E-state index contributed by atoms with van der Waals surface area (Å²) in [6, 6.07) is 10.8. The topological polar surface area (TPSA) is 12.0 Å². The van der Waals surface area contributed by atoms with Crippen LogP contribution in [0.25, 0.3) is 0 Å². The monoisotopic (exact) mass is 106 g/mol. The van der Waals surface area contributed by atoms with Gasteiger partial charge in [0, 0.05) is 18.8 Å². The van der Waals surface area contributed by atoms with Crippen molar-refractivity contribution >= 4 is 5.69 Å². The van der Waals surface area contributed by atoms with Crippen LogP contribution in [0.4, 0.5) is 5.69 Å². The molecular weight excluding hydrogens is 98.1 g/mol. The summed E-state index contributed by atoms with van der Waals surface area (Å²) >= 11 is 0. The number of para-hydroxylation sites is 1. The molecule has 0 aliphatic carbocycles. The lowest BCUT2D eigenvalue weighted by atomic mass is 10.3. The van der Waals surface area contributed by atoms with Gasteiger partial charge in [0.2, 0.25) is 0 Å². The van der Waals surface area contributed by atoms with E-state index in [-0.39, 0.29) is 0 Å². The predicted molar refractivity (Wildman–Crippen MR) is 34.8 cm³/mol. The van der Waals surface area contributed by atoms with E-state index in [4.69, 9.17) is 0 Å². The molecule has 0 saturated carbocycles. The molecule has 0 unspecified atom stereocenters. The number of nitrogens with one attached hydrogen (secondary N) is 1. The highest BCUT2D eigenvalue weighted by Gasteiger charge is 1.78. The van der Waals surface area contributed by atoms with Gasteiger partial charge in [0.25, 0.3) is 0 Å². The van der Waals surface area contributed by atoms with E-state index in [1.807, 2.05) is 31.3 Å². The maximum atomic E-state index is 3.01. The fourth-order valence-electron chi connectivity index (χ4n) is 0.549. The van der Waals surface area contributed by atoms with E-state index in [0.717, 1.165) is 5.69 Å². The van der Waals surface area contributed by atoms with E-state index in [0.29, 0.717) is 0 Å². The van der Waals surface area contributed by atoms with E-state index < -0.39 is 0 Å². The largest absolute Gasteiger partial charge is 0.388 e. The quantitative estimate of drug-likeness (QED) is 0.572. The Bertz CT molecular complexity index is 146. The summed E-state index contributed by atoms with van der Waals surface area (Å²) in [5.41, 5.74) is 1.03. The van der Waals surface area contributed by atoms with Crippen molar-refractivity contribution in [2.45, 2.75) is 0 Å². The normalized spacial score (nSPS) is 8.62. The van der Waals surface area contributed by atoms with Crippen molar-refractivity contribution in [3.05, 3.63) is 30.3 Å². The van der Waals surface area contributed by atoms with Crippen molar-refractivity contribution in [3.63, 3.8) is 0 Å². The Balaban J connectivity index is 2.83. The molecule has 0 bridgehead atoms. The molecule has 1 aromatic carbocycles. The van der Waals surface area contributed by atoms with Gasteiger partial charge in [-0.1, -0.05) is 18.2 Å². The molecule has 0 aromatic heterocycles. The van der Waals surface area contributed by atoms with E-state index in [2.05, 4.69) is 11.4 Å². The molecule has 0 atom stereocenters. The average molecular weight is 106 g/mol. The van der Waals surface area contributed by atoms with E-state index >= 15 is 0 Å².